The molecule has 0 heterocycles. The van der Waals surface area contributed by atoms with Gasteiger partial charge in [-0.1, -0.05) is 121 Å². The molecule has 0 aliphatic heterocycles. The van der Waals surface area contributed by atoms with Crippen LogP contribution in [0.1, 0.15) is 22.3 Å². The van der Waals surface area contributed by atoms with Crippen LogP contribution >= 0.6 is 0 Å². The molecule has 0 fully saturated rings. The maximum atomic E-state index is 13.0. The summed E-state index contributed by atoms with van der Waals surface area (Å²) in [4.78, 5) is 61.6. The summed E-state index contributed by atoms with van der Waals surface area (Å²) in [6, 6.07) is 37.2. The van der Waals surface area contributed by atoms with Gasteiger partial charge in [-0.05, 0) is 22.3 Å². The van der Waals surface area contributed by atoms with Gasteiger partial charge in [-0.3, -0.25) is 29.3 Å². The highest BCUT2D eigenvalue weighted by Gasteiger charge is 2.36. The minimum Gasteiger partial charge on any atom is -0.480 e. The Hall–Kier alpha value is -5.81. The molecule has 1 atom stereocenters. The smallest absolute Gasteiger partial charge is 0.322 e. The number of nitrogens with one attached hydrogen (secondary N) is 5. The Morgan fingerprint density at radius 1 is 0.532 bits per heavy atom. The summed E-state index contributed by atoms with van der Waals surface area (Å²) in [5.74, 6) is -3.60. The van der Waals surface area contributed by atoms with Crippen LogP contribution in [-0.2, 0) is 35.9 Å². The normalized spacial score (nSPS) is 11.5. The third-order valence-electron chi connectivity index (χ3n) is 7.37. The summed E-state index contributed by atoms with van der Waals surface area (Å²) in [5, 5.41) is 22.2. The van der Waals surface area contributed by atoms with E-state index in [1.807, 2.05) is 91.0 Å². The molecule has 6 N–H and O–H groups in total. The molecule has 4 aromatic carbocycles. The Morgan fingerprint density at radius 2 is 0.957 bits per heavy atom. The van der Waals surface area contributed by atoms with E-state index in [4.69, 9.17) is 5.11 Å². The number of aliphatic carboxylic acids is 1. The zero-order chi connectivity index (χ0) is 33.5. The first kappa shape index (κ1) is 34.1. The molecule has 0 aliphatic rings. The summed E-state index contributed by atoms with van der Waals surface area (Å²) >= 11 is 0. The Bertz CT molecular complexity index is 1540. The third-order valence-corrected chi connectivity index (χ3v) is 7.37. The summed E-state index contributed by atoms with van der Waals surface area (Å²) in [6.45, 7) is -1.56. The van der Waals surface area contributed by atoms with Crippen molar-refractivity contribution >= 4 is 29.6 Å². The van der Waals surface area contributed by atoms with Gasteiger partial charge in [0.05, 0.1) is 25.2 Å². The molecule has 11 heteroatoms. The van der Waals surface area contributed by atoms with E-state index in [-0.39, 0.29) is 19.5 Å². The molecule has 4 rings (SSSR count). The number of amides is 4. The van der Waals surface area contributed by atoms with Gasteiger partial charge >= 0.3 is 5.97 Å². The molecule has 242 valence electrons. The van der Waals surface area contributed by atoms with Crippen LogP contribution in [0, 0.1) is 0 Å². The SMILES string of the molecule is O=C(O)CNC(=O)[C@H](Cc1ccccc1)NC(=O)CNC(=O)CNC(=O)CNC(c1ccccc1)(c1ccccc1)c1ccccc1. The Labute approximate surface area is 272 Å². The molecule has 4 amide bonds. The zero-order valence-corrected chi connectivity index (χ0v) is 25.6. The van der Waals surface area contributed by atoms with Crippen LogP contribution in [0.5, 0.6) is 0 Å². The minimum absolute atomic E-state index is 0.117. The van der Waals surface area contributed by atoms with E-state index in [2.05, 4.69) is 26.6 Å². The second-order valence-electron chi connectivity index (χ2n) is 10.7. The predicted molar refractivity (Wildman–Crippen MR) is 176 cm³/mol. The van der Waals surface area contributed by atoms with Gasteiger partial charge in [0.25, 0.3) is 0 Å². The number of hydrogen-bond acceptors (Lipinski definition) is 6. The second kappa shape index (κ2) is 17.0. The minimum atomic E-state index is -1.22. The Balaban J connectivity index is 1.34. The molecule has 11 nitrogen and oxygen atoms in total. The van der Waals surface area contributed by atoms with E-state index >= 15 is 0 Å². The highest BCUT2D eigenvalue weighted by Crippen LogP contribution is 2.36. The third kappa shape index (κ3) is 9.84. The number of carboxylic acid groups (broad SMARTS) is 1. The van der Waals surface area contributed by atoms with E-state index in [9.17, 15) is 24.0 Å². The highest BCUT2D eigenvalue weighted by molar-refractivity contribution is 5.92. The monoisotopic (exact) mass is 635 g/mol. The van der Waals surface area contributed by atoms with Crippen molar-refractivity contribution in [1.82, 2.24) is 26.6 Å². The fraction of sp³-hybridized carbons (Fsp3) is 0.194. The fourth-order valence-electron chi connectivity index (χ4n) is 5.16. The molecular formula is C36H37N5O6. The quantitative estimate of drug-likeness (QED) is 0.102. The highest BCUT2D eigenvalue weighted by atomic mass is 16.4. The van der Waals surface area contributed by atoms with Gasteiger partial charge in [-0.25, -0.2) is 0 Å². The van der Waals surface area contributed by atoms with E-state index in [0.717, 1.165) is 22.3 Å². The first-order valence-electron chi connectivity index (χ1n) is 15.1. The van der Waals surface area contributed by atoms with Gasteiger partial charge in [0.1, 0.15) is 12.6 Å². The van der Waals surface area contributed by atoms with Crippen molar-refractivity contribution in [3.63, 3.8) is 0 Å². The topological polar surface area (TPSA) is 166 Å². The molecule has 0 saturated carbocycles. The van der Waals surface area contributed by atoms with Crippen LogP contribution < -0.4 is 26.6 Å². The number of carbonyl (C=O) groups is 5. The van der Waals surface area contributed by atoms with E-state index in [1.165, 1.54) is 0 Å². The van der Waals surface area contributed by atoms with Gasteiger partial charge < -0.3 is 26.4 Å². The predicted octanol–water partition coefficient (Wildman–Crippen LogP) is 1.73. The van der Waals surface area contributed by atoms with Crippen LogP contribution in [0.15, 0.2) is 121 Å². The summed E-state index contributed by atoms with van der Waals surface area (Å²) in [7, 11) is 0. The van der Waals surface area contributed by atoms with Gasteiger partial charge in [0.2, 0.25) is 23.6 Å². The van der Waals surface area contributed by atoms with Crippen LogP contribution in [0.2, 0.25) is 0 Å². The van der Waals surface area contributed by atoms with Crippen molar-refractivity contribution in [3.05, 3.63) is 144 Å². The lowest BCUT2D eigenvalue weighted by molar-refractivity contribution is -0.138. The second-order valence-corrected chi connectivity index (χ2v) is 10.7. The first-order chi connectivity index (χ1) is 22.8. The largest absolute Gasteiger partial charge is 0.480 e. The summed E-state index contributed by atoms with van der Waals surface area (Å²) in [5.41, 5.74) is 2.66. The summed E-state index contributed by atoms with van der Waals surface area (Å²) < 4.78 is 0. The van der Waals surface area contributed by atoms with E-state index < -0.39 is 54.3 Å². The van der Waals surface area contributed by atoms with Gasteiger partial charge in [-0.15, -0.1) is 0 Å². The molecule has 0 spiro atoms. The maximum Gasteiger partial charge on any atom is 0.322 e. The molecule has 0 unspecified atom stereocenters. The fourth-order valence-corrected chi connectivity index (χ4v) is 5.16. The van der Waals surface area contributed by atoms with Gasteiger partial charge in [-0.2, -0.15) is 0 Å². The average Bonchev–Trinajstić information content (AvgIpc) is 3.10. The molecule has 0 aromatic heterocycles. The van der Waals surface area contributed by atoms with E-state index in [1.54, 1.807) is 30.3 Å². The van der Waals surface area contributed by atoms with Gasteiger partial charge in [0.15, 0.2) is 0 Å². The van der Waals surface area contributed by atoms with Gasteiger partial charge in [0, 0.05) is 6.42 Å². The Morgan fingerprint density at radius 3 is 1.43 bits per heavy atom. The molecule has 0 radical (unpaired) electrons. The van der Waals surface area contributed by atoms with Crippen molar-refractivity contribution in [3.8, 4) is 0 Å². The van der Waals surface area contributed by atoms with Crippen molar-refractivity contribution < 1.29 is 29.1 Å². The van der Waals surface area contributed by atoms with Crippen molar-refractivity contribution in [2.75, 3.05) is 26.2 Å². The molecule has 4 aromatic rings. The standard InChI is InChI=1S/C36H37N5O6/c42-31(38-23-33(44)41-30(35(47)39-25-34(45)46)21-26-13-5-1-6-14-26)22-37-32(43)24-40-36(27-15-7-2-8-16-27,28-17-9-3-10-18-28)29-19-11-4-12-20-29/h1-20,30,40H,21-25H2,(H,37,43)(H,38,42)(H,39,47)(H,41,44)(H,45,46)/t30-/m0/s1. The number of carboxylic acids is 1. The first-order valence-corrected chi connectivity index (χ1v) is 15.1. The van der Waals surface area contributed by atoms with Crippen LogP contribution in [0.4, 0.5) is 0 Å². The lowest BCUT2D eigenvalue weighted by atomic mass is 9.77. The average molecular weight is 636 g/mol. The zero-order valence-electron chi connectivity index (χ0n) is 25.6. The molecule has 0 saturated heterocycles. The Kier molecular flexibility index (Phi) is 12.4. The number of hydrogen-bond donors (Lipinski definition) is 6. The summed E-state index contributed by atoms with van der Waals surface area (Å²) in [6.07, 6.45) is 0.117. The van der Waals surface area contributed by atoms with Crippen molar-refractivity contribution in [2.24, 2.45) is 0 Å². The van der Waals surface area contributed by atoms with Crippen LogP contribution in [-0.4, -0.2) is 66.9 Å². The van der Waals surface area contributed by atoms with Crippen molar-refractivity contribution in [1.29, 1.82) is 0 Å². The molecular weight excluding hydrogens is 598 g/mol. The molecule has 0 bridgehead atoms. The number of rotatable bonds is 16. The lowest BCUT2D eigenvalue weighted by Crippen LogP contribution is -2.52. The van der Waals surface area contributed by atoms with Crippen molar-refractivity contribution in [2.45, 2.75) is 18.0 Å². The maximum absolute atomic E-state index is 13.0. The van der Waals surface area contributed by atoms with Crippen LogP contribution in [0.3, 0.4) is 0 Å². The number of carbonyl (C=O) groups excluding carboxylic acids is 4. The van der Waals surface area contributed by atoms with Crippen LogP contribution in [0.25, 0.3) is 0 Å². The number of benzene rings is 4. The lowest BCUT2D eigenvalue weighted by Gasteiger charge is -2.37. The van der Waals surface area contributed by atoms with E-state index in [0.29, 0.717) is 0 Å². The molecule has 0 aliphatic carbocycles. The molecule has 47 heavy (non-hydrogen) atoms.